The van der Waals surface area contributed by atoms with Gasteiger partial charge in [-0.25, -0.2) is 8.78 Å². The lowest BCUT2D eigenvalue weighted by Crippen LogP contribution is -2.40. The Hall–Kier alpha value is -1.49. The molecule has 1 aliphatic heterocycles. The highest BCUT2D eigenvalue weighted by Crippen LogP contribution is 2.16. The van der Waals surface area contributed by atoms with Gasteiger partial charge in [0.05, 0.1) is 0 Å². The van der Waals surface area contributed by atoms with E-state index in [0.29, 0.717) is 12.6 Å². The van der Waals surface area contributed by atoms with Gasteiger partial charge in [0.1, 0.15) is 11.6 Å². The molecule has 0 spiro atoms. The van der Waals surface area contributed by atoms with Gasteiger partial charge in [0.15, 0.2) is 0 Å². The van der Waals surface area contributed by atoms with Crippen molar-refractivity contribution >= 4 is 5.91 Å². The summed E-state index contributed by atoms with van der Waals surface area (Å²) in [7, 11) is 0. The maximum absolute atomic E-state index is 13.0. The van der Waals surface area contributed by atoms with Crippen molar-refractivity contribution in [2.45, 2.75) is 25.8 Å². The topological polar surface area (TPSA) is 32.3 Å². The van der Waals surface area contributed by atoms with E-state index in [4.69, 9.17) is 0 Å². The first-order valence-corrected chi connectivity index (χ1v) is 6.58. The van der Waals surface area contributed by atoms with E-state index in [1.54, 1.807) is 0 Å². The van der Waals surface area contributed by atoms with Crippen LogP contribution in [-0.4, -0.2) is 36.5 Å². The molecule has 104 valence electrons. The fraction of sp³-hybridized carbons (Fsp3) is 0.500. The number of amides is 1. The third-order valence-electron chi connectivity index (χ3n) is 3.53. The van der Waals surface area contributed by atoms with E-state index in [1.165, 1.54) is 0 Å². The van der Waals surface area contributed by atoms with Crippen LogP contribution < -0.4 is 5.32 Å². The smallest absolute Gasteiger partial charge is 0.251 e. The zero-order chi connectivity index (χ0) is 13.8. The minimum Gasteiger partial charge on any atom is -0.350 e. The van der Waals surface area contributed by atoms with Gasteiger partial charge < -0.3 is 5.32 Å². The summed E-state index contributed by atoms with van der Waals surface area (Å²) in [6, 6.07) is 3.18. The predicted octanol–water partition coefficient (Wildman–Crippen LogP) is 2.18. The molecule has 0 saturated carbocycles. The van der Waals surface area contributed by atoms with Gasteiger partial charge in [0, 0.05) is 24.2 Å². The number of hydrogen-bond acceptors (Lipinski definition) is 2. The number of carbonyl (C=O) groups excluding carboxylic acids is 1. The van der Waals surface area contributed by atoms with Crippen LogP contribution in [0.5, 0.6) is 0 Å². The lowest BCUT2D eigenvalue weighted by atomic mass is 10.1. The summed E-state index contributed by atoms with van der Waals surface area (Å²) >= 11 is 0. The summed E-state index contributed by atoms with van der Waals surface area (Å²) in [5.74, 6) is -1.90. The molecular weight excluding hydrogens is 250 g/mol. The molecule has 0 aliphatic carbocycles. The molecule has 0 aromatic heterocycles. The van der Waals surface area contributed by atoms with Gasteiger partial charge in [0.2, 0.25) is 0 Å². The Bertz CT molecular complexity index is 445. The second kappa shape index (κ2) is 6.10. The lowest BCUT2D eigenvalue weighted by molar-refractivity contribution is 0.0940. The lowest BCUT2D eigenvalue weighted by Gasteiger charge is -2.22. The monoisotopic (exact) mass is 268 g/mol. The third kappa shape index (κ3) is 3.50. The summed E-state index contributed by atoms with van der Waals surface area (Å²) in [5.41, 5.74) is 0.0264. The van der Waals surface area contributed by atoms with Crippen LogP contribution >= 0.6 is 0 Å². The highest BCUT2D eigenvalue weighted by Gasteiger charge is 2.23. The molecule has 1 saturated heterocycles. The Kier molecular flexibility index (Phi) is 4.47. The van der Waals surface area contributed by atoms with E-state index >= 15 is 0 Å². The molecule has 3 nitrogen and oxygen atoms in total. The minimum absolute atomic E-state index is 0.0264. The maximum atomic E-state index is 13.0. The number of hydrogen-bond donors (Lipinski definition) is 1. The number of likely N-dealkylation sites (tertiary alicyclic amines) is 1. The van der Waals surface area contributed by atoms with Crippen molar-refractivity contribution in [3.8, 4) is 0 Å². The summed E-state index contributed by atoms with van der Waals surface area (Å²) in [5, 5.41) is 2.75. The van der Waals surface area contributed by atoms with Crippen LogP contribution in [-0.2, 0) is 0 Å². The van der Waals surface area contributed by atoms with Crippen LogP contribution in [0.1, 0.15) is 30.1 Å². The van der Waals surface area contributed by atoms with Gasteiger partial charge in [-0.05, 0) is 38.1 Å². The summed E-state index contributed by atoms with van der Waals surface area (Å²) < 4.78 is 26.0. The molecule has 19 heavy (non-hydrogen) atoms. The number of halogens is 2. The van der Waals surface area contributed by atoms with Crippen molar-refractivity contribution in [1.82, 2.24) is 10.2 Å². The number of carbonyl (C=O) groups is 1. The molecule has 0 radical (unpaired) electrons. The Morgan fingerprint density at radius 3 is 2.68 bits per heavy atom. The summed E-state index contributed by atoms with van der Waals surface area (Å²) in [6.45, 7) is 4.60. The fourth-order valence-electron chi connectivity index (χ4n) is 2.54. The second-order valence-electron chi connectivity index (χ2n) is 4.79. The minimum atomic E-state index is -0.735. The summed E-state index contributed by atoms with van der Waals surface area (Å²) in [6.07, 6.45) is 2.18. The Morgan fingerprint density at radius 2 is 2.05 bits per heavy atom. The van der Waals surface area contributed by atoms with Crippen molar-refractivity contribution < 1.29 is 13.6 Å². The largest absolute Gasteiger partial charge is 0.350 e. The maximum Gasteiger partial charge on any atom is 0.251 e. The van der Waals surface area contributed by atoms with E-state index in [1.807, 2.05) is 0 Å². The molecule has 1 aromatic rings. The second-order valence-corrected chi connectivity index (χ2v) is 4.79. The first-order chi connectivity index (χ1) is 9.10. The molecule has 1 N–H and O–H groups in total. The summed E-state index contributed by atoms with van der Waals surface area (Å²) in [4.78, 5) is 14.1. The number of likely N-dealkylation sites (N-methyl/N-ethyl adjacent to an activating group) is 1. The highest BCUT2D eigenvalue weighted by atomic mass is 19.1. The van der Waals surface area contributed by atoms with Crippen molar-refractivity contribution in [2.24, 2.45) is 0 Å². The molecule has 1 atom stereocenters. The van der Waals surface area contributed by atoms with Gasteiger partial charge in [-0.3, -0.25) is 9.69 Å². The van der Waals surface area contributed by atoms with Crippen LogP contribution in [0.2, 0.25) is 0 Å². The Morgan fingerprint density at radius 1 is 1.37 bits per heavy atom. The van der Waals surface area contributed by atoms with Crippen molar-refractivity contribution in [1.29, 1.82) is 0 Å². The number of nitrogens with one attached hydrogen (secondary N) is 1. The molecule has 5 heteroatoms. The molecular formula is C14H18F2N2O. The molecule has 2 rings (SSSR count). The van der Waals surface area contributed by atoms with Crippen LogP contribution in [0.15, 0.2) is 18.2 Å². The molecule has 1 aromatic carbocycles. The van der Waals surface area contributed by atoms with Crippen LogP contribution in [0, 0.1) is 11.6 Å². The van der Waals surface area contributed by atoms with Crippen molar-refractivity contribution in [3.63, 3.8) is 0 Å². The molecule has 0 bridgehead atoms. The molecule has 0 unspecified atom stereocenters. The first-order valence-electron chi connectivity index (χ1n) is 6.58. The SMILES string of the molecule is CCN1CCC[C@@H]1CNC(=O)c1cc(F)cc(F)c1. The number of rotatable bonds is 4. The third-order valence-corrected chi connectivity index (χ3v) is 3.53. The zero-order valence-electron chi connectivity index (χ0n) is 11.0. The van der Waals surface area contributed by atoms with E-state index in [-0.39, 0.29) is 5.56 Å². The molecule has 1 aliphatic rings. The predicted molar refractivity (Wildman–Crippen MR) is 69.0 cm³/mol. The van der Waals surface area contributed by atoms with E-state index in [2.05, 4.69) is 17.1 Å². The van der Waals surface area contributed by atoms with E-state index in [0.717, 1.165) is 44.1 Å². The standard InChI is InChI=1S/C14H18F2N2O/c1-2-18-5-3-4-13(18)9-17-14(19)10-6-11(15)8-12(16)7-10/h6-8,13H,2-5,9H2,1H3,(H,17,19)/t13-/m1/s1. The molecule has 1 amide bonds. The Labute approximate surface area is 111 Å². The fourth-order valence-corrected chi connectivity index (χ4v) is 2.54. The van der Waals surface area contributed by atoms with Gasteiger partial charge in [-0.15, -0.1) is 0 Å². The molecule has 1 heterocycles. The van der Waals surface area contributed by atoms with E-state index < -0.39 is 17.5 Å². The van der Waals surface area contributed by atoms with Crippen molar-refractivity contribution in [2.75, 3.05) is 19.6 Å². The molecule has 1 fully saturated rings. The van der Waals surface area contributed by atoms with Gasteiger partial charge in [0.25, 0.3) is 5.91 Å². The van der Waals surface area contributed by atoms with Crippen molar-refractivity contribution in [3.05, 3.63) is 35.4 Å². The van der Waals surface area contributed by atoms with Gasteiger partial charge in [-0.2, -0.15) is 0 Å². The number of nitrogens with zero attached hydrogens (tertiary/aromatic N) is 1. The zero-order valence-corrected chi connectivity index (χ0v) is 11.0. The normalized spacial score (nSPS) is 19.6. The Balaban J connectivity index is 1.94. The van der Waals surface area contributed by atoms with Crippen LogP contribution in [0.3, 0.4) is 0 Å². The quantitative estimate of drug-likeness (QED) is 0.907. The average Bonchev–Trinajstić information content (AvgIpc) is 2.82. The van der Waals surface area contributed by atoms with Crippen LogP contribution in [0.25, 0.3) is 0 Å². The highest BCUT2D eigenvalue weighted by molar-refractivity contribution is 5.94. The first kappa shape index (κ1) is 13.9. The van der Waals surface area contributed by atoms with Crippen LogP contribution in [0.4, 0.5) is 8.78 Å². The number of benzene rings is 1. The van der Waals surface area contributed by atoms with Gasteiger partial charge >= 0.3 is 0 Å². The van der Waals surface area contributed by atoms with Gasteiger partial charge in [-0.1, -0.05) is 6.92 Å². The van der Waals surface area contributed by atoms with E-state index in [9.17, 15) is 13.6 Å². The average molecular weight is 268 g/mol.